The molecule has 1 aromatic carbocycles. The number of esters is 1. The molecule has 0 aliphatic carbocycles. The number of aromatic nitrogens is 2. The molecule has 0 amide bonds. The lowest BCUT2D eigenvalue weighted by atomic mass is 10.1. The van der Waals surface area contributed by atoms with Gasteiger partial charge in [-0.25, -0.2) is 9.78 Å². The average Bonchev–Trinajstić information content (AvgIpc) is 3.17. The van der Waals surface area contributed by atoms with E-state index in [9.17, 15) is 29.4 Å². The van der Waals surface area contributed by atoms with Crippen LogP contribution >= 0.6 is 30.8 Å². The van der Waals surface area contributed by atoms with Gasteiger partial charge in [0, 0.05) is 0 Å². The molecular formula is C16H19Cl2N2O9P. The number of carbonyl (C=O) groups is 1. The summed E-state index contributed by atoms with van der Waals surface area (Å²) in [5.74, 6) is -3.43. The van der Waals surface area contributed by atoms with Gasteiger partial charge in [-0.15, -0.1) is 0 Å². The van der Waals surface area contributed by atoms with Gasteiger partial charge in [0.05, 0.1) is 40.6 Å². The van der Waals surface area contributed by atoms with Crippen molar-refractivity contribution >= 4 is 47.8 Å². The fourth-order valence-corrected chi connectivity index (χ4v) is 3.97. The van der Waals surface area contributed by atoms with E-state index >= 15 is 0 Å². The Morgan fingerprint density at radius 2 is 1.97 bits per heavy atom. The summed E-state index contributed by atoms with van der Waals surface area (Å²) in [6.07, 6.45) is -3.85. The number of imidazole rings is 1. The van der Waals surface area contributed by atoms with Gasteiger partial charge in [-0.3, -0.25) is 4.57 Å². The summed E-state index contributed by atoms with van der Waals surface area (Å²) >= 11 is 12.0. The van der Waals surface area contributed by atoms with E-state index in [0.717, 1.165) is 0 Å². The van der Waals surface area contributed by atoms with Crippen molar-refractivity contribution in [2.45, 2.75) is 37.3 Å². The van der Waals surface area contributed by atoms with E-state index in [1.807, 2.05) is 0 Å². The summed E-state index contributed by atoms with van der Waals surface area (Å²) in [5, 5.41) is 21.3. The summed E-state index contributed by atoms with van der Waals surface area (Å²) in [6.45, 7) is 0.763. The van der Waals surface area contributed by atoms with Crippen molar-refractivity contribution in [1.82, 2.24) is 9.55 Å². The number of aliphatic hydroxyl groups excluding tert-OH is 2. The molecule has 3 rings (SSSR count). The first-order valence-electron chi connectivity index (χ1n) is 8.71. The highest BCUT2D eigenvalue weighted by molar-refractivity contribution is 7.53. The van der Waals surface area contributed by atoms with Crippen LogP contribution in [0.5, 0.6) is 0 Å². The largest absolute Gasteiger partial charge is 0.464 e. The summed E-state index contributed by atoms with van der Waals surface area (Å²) in [6, 6.07) is 3.04. The van der Waals surface area contributed by atoms with Crippen molar-refractivity contribution < 1.29 is 43.6 Å². The van der Waals surface area contributed by atoms with Crippen LogP contribution in [0.1, 0.15) is 13.2 Å². The molecule has 0 saturated carbocycles. The van der Waals surface area contributed by atoms with Crippen LogP contribution < -0.4 is 0 Å². The van der Waals surface area contributed by atoms with Crippen LogP contribution in [0.25, 0.3) is 11.0 Å². The third-order valence-electron chi connectivity index (χ3n) is 4.44. The predicted molar refractivity (Wildman–Crippen MR) is 104 cm³/mol. The Bertz CT molecular complexity index is 981. The Kier molecular flexibility index (Phi) is 7.08. The Balaban J connectivity index is 1.78. The molecule has 0 spiro atoms. The minimum Gasteiger partial charge on any atom is -0.464 e. The number of carbonyl (C=O) groups excluding carboxylic acids is 1. The SMILES string of the molecule is CCOC(=O)[C@@H](OC[C@H]1O[C@@H](n2cnc3cc(Cl)c(Cl)cc32)[C@H](O)[C@@H]1O)P(=O)(O)O. The Morgan fingerprint density at radius 1 is 1.30 bits per heavy atom. The molecule has 11 nitrogen and oxygen atoms in total. The molecule has 0 unspecified atom stereocenters. The first kappa shape index (κ1) is 23.4. The van der Waals surface area contributed by atoms with E-state index < -0.39 is 50.6 Å². The number of nitrogens with zero attached hydrogens (tertiary/aromatic N) is 2. The number of aliphatic hydroxyl groups is 2. The van der Waals surface area contributed by atoms with E-state index in [-0.39, 0.29) is 16.7 Å². The zero-order chi connectivity index (χ0) is 22.2. The Hall–Kier alpha value is -1.27. The topological polar surface area (TPSA) is 161 Å². The molecule has 2 aromatic rings. The Labute approximate surface area is 180 Å². The third kappa shape index (κ3) is 4.64. The maximum Gasteiger partial charge on any atom is 0.365 e. The monoisotopic (exact) mass is 484 g/mol. The lowest BCUT2D eigenvalue weighted by Gasteiger charge is -2.21. The van der Waals surface area contributed by atoms with Crippen molar-refractivity contribution in [2.75, 3.05) is 13.2 Å². The normalized spacial score (nSPS) is 25.6. The minimum atomic E-state index is -5.00. The van der Waals surface area contributed by atoms with Gasteiger partial charge in [0.1, 0.15) is 18.3 Å². The molecule has 4 N–H and O–H groups in total. The number of fused-ring (bicyclic) bond motifs is 1. The van der Waals surface area contributed by atoms with Crippen LogP contribution in [0.3, 0.4) is 0 Å². The summed E-state index contributed by atoms with van der Waals surface area (Å²) in [7, 11) is -5.00. The predicted octanol–water partition coefficient (Wildman–Crippen LogP) is 1.05. The van der Waals surface area contributed by atoms with Crippen molar-refractivity contribution in [3.05, 3.63) is 28.5 Å². The standard InChI is InChI=1S/C16H19Cl2N2O9P/c1-2-27-15(23)16(30(24,25)26)28-5-11-12(21)13(22)14(29-11)20-6-19-9-3-7(17)8(18)4-10(9)20/h3-4,6,11-14,16,21-22H,2,5H2,1H3,(H2,24,25,26)/t11-,12-,13-,14-,16+/m1/s1. The van der Waals surface area contributed by atoms with E-state index in [1.54, 1.807) is 0 Å². The van der Waals surface area contributed by atoms with Crippen LogP contribution in [-0.4, -0.2) is 72.9 Å². The molecular weight excluding hydrogens is 466 g/mol. The Morgan fingerprint density at radius 3 is 2.60 bits per heavy atom. The summed E-state index contributed by atoms with van der Waals surface area (Å²) < 4.78 is 28.2. The quantitative estimate of drug-likeness (QED) is 0.330. The first-order valence-corrected chi connectivity index (χ1v) is 11.1. The van der Waals surface area contributed by atoms with Crippen LogP contribution in [0, 0.1) is 0 Å². The van der Waals surface area contributed by atoms with Gasteiger partial charge in [0.2, 0.25) is 0 Å². The van der Waals surface area contributed by atoms with Gasteiger partial charge < -0.3 is 38.8 Å². The molecule has 166 valence electrons. The maximum absolute atomic E-state index is 11.8. The van der Waals surface area contributed by atoms with Gasteiger partial charge >= 0.3 is 13.6 Å². The number of halogens is 2. The zero-order valence-electron chi connectivity index (χ0n) is 15.5. The second kappa shape index (κ2) is 9.07. The molecule has 1 aliphatic rings. The maximum atomic E-state index is 11.8. The van der Waals surface area contributed by atoms with Gasteiger partial charge in [-0.2, -0.15) is 0 Å². The molecule has 1 saturated heterocycles. The highest BCUT2D eigenvalue weighted by Crippen LogP contribution is 2.43. The molecule has 1 aliphatic heterocycles. The number of hydrogen-bond acceptors (Lipinski definition) is 8. The van der Waals surface area contributed by atoms with Crippen LogP contribution in [0.15, 0.2) is 18.5 Å². The van der Waals surface area contributed by atoms with Crippen LogP contribution in [0.4, 0.5) is 0 Å². The zero-order valence-corrected chi connectivity index (χ0v) is 17.9. The molecule has 0 bridgehead atoms. The smallest absolute Gasteiger partial charge is 0.365 e. The second-order valence-corrected chi connectivity index (χ2v) is 8.94. The van der Waals surface area contributed by atoms with Crippen molar-refractivity contribution in [3.63, 3.8) is 0 Å². The molecule has 1 fully saturated rings. The fraction of sp³-hybridized carbons (Fsp3) is 0.500. The van der Waals surface area contributed by atoms with Crippen LogP contribution in [0.2, 0.25) is 10.0 Å². The lowest BCUT2D eigenvalue weighted by Crippen LogP contribution is -2.36. The van der Waals surface area contributed by atoms with E-state index in [1.165, 1.54) is 30.0 Å². The highest BCUT2D eigenvalue weighted by Gasteiger charge is 2.46. The second-order valence-electron chi connectivity index (χ2n) is 6.48. The van der Waals surface area contributed by atoms with E-state index in [0.29, 0.717) is 11.0 Å². The van der Waals surface area contributed by atoms with Gasteiger partial charge in [0.15, 0.2) is 6.23 Å². The van der Waals surface area contributed by atoms with Gasteiger partial charge in [-0.1, -0.05) is 23.2 Å². The average molecular weight is 485 g/mol. The number of hydrogen-bond donors (Lipinski definition) is 4. The van der Waals surface area contributed by atoms with Gasteiger partial charge in [-0.05, 0) is 19.1 Å². The van der Waals surface area contributed by atoms with Crippen molar-refractivity contribution in [2.24, 2.45) is 0 Å². The lowest BCUT2D eigenvalue weighted by molar-refractivity contribution is -0.155. The summed E-state index contributed by atoms with van der Waals surface area (Å²) in [5.41, 5.74) is 0.945. The van der Waals surface area contributed by atoms with Crippen molar-refractivity contribution in [3.8, 4) is 0 Å². The third-order valence-corrected chi connectivity index (χ3v) is 6.13. The first-order chi connectivity index (χ1) is 14.0. The number of rotatable bonds is 7. The molecule has 0 radical (unpaired) electrons. The molecule has 14 heteroatoms. The van der Waals surface area contributed by atoms with Gasteiger partial charge in [0.25, 0.3) is 5.85 Å². The molecule has 30 heavy (non-hydrogen) atoms. The minimum absolute atomic E-state index is 0.109. The van der Waals surface area contributed by atoms with E-state index in [2.05, 4.69) is 9.72 Å². The van der Waals surface area contributed by atoms with E-state index in [4.69, 9.17) is 32.7 Å². The van der Waals surface area contributed by atoms with Crippen LogP contribution in [-0.2, 0) is 23.6 Å². The number of benzene rings is 1. The molecule has 1 aromatic heterocycles. The molecule has 5 atom stereocenters. The fourth-order valence-electron chi connectivity index (χ4n) is 3.02. The summed E-state index contributed by atoms with van der Waals surface area (Å²) in [4.78, 5) is 34.6. The van der Waals surface area contributed by atoms with Crippen molar-refractivity contribution in [1.29, 1.82) is 0 Å². The number of ether oxygens (including phenoxy) is 3. The highest BCUT2D eigenvalue weighted by atomic mass is 35.5. The molecule has 2 heterocycles.